The molecule has 2 aliphatic rings. The molecule has 0 unspecified atom stereocenters. The van der Waals surface area contributed by atoms with Gasteiger partial charge in [-0.2, -0.15) is 0 Å². The molecule has 0 amide bonds. The standard InChI is InChI=1S/C25H42N4O3/c1-3-30-16-17-32-20-23-9-7-8-22(18-23)19-27-24(26-2)28-21-25(10-5-4-6-11-25)29-12-14-31-15-13-29/h7-9,18H,3-6,10-17,19-21H2,1-2H3,(H2,26,27,28). The number of aliphatic imine (C=N–C) groups is 1. The molecular weight excluding hydrogens is 404 g/mol. The molecular formula is C25H42N4O3. The number of nitrogens with zero attached hydrogens (tertiary/aromatic N) is 2. The summed E-state index contributed by atoms with van der Waals surface area (Å²) < 4.78 is 16.6. The highest BCUT2D eigenvalue weighted by atomic mass is 16.5. The van der Waals surface area contributed by atoms with Crippen LogP contribution in [0.15, 0.2) is 29.3 Å². The van der Waals surface area contributed by atoms with E-state index in [4.69, 9.17) is 14.2 Å². The third-order valence-corrected chi connectivity index (χ3v) is 6.57. The van der Waals surface area contributed by atoms with Crippen molar-refractivity contribution in [1.29, 1.82) is 0 Å². The van der Waals surface area contributed by atoms with Crippen LogP contribution in [0.25, 0.3) is 0 Å². The topological polar surface area (TPSA) is 67.4 Å². The molecule has 0 spiro atoms. The molecule has 180 valence electrons. The molecule has 2 N–H and O–H groups in total. The Bertz CT molecular complexity index is 686. The lowest BCUT2D eigenvalue weighted by Crippen LogP contribution is -2.60. The van der Waals surface area contributed by atoms with Crippen LogP contribution in [-0.4, -0.2) is 76.1 Å². The molecule has 1 saturated heterocycles. The van der Waals surface area contributed by atoms with E-state index in [1.807, 2.05) is 14.0 Å². The highest BCUT2D eigenvalue weighted by molar-refractivity contribution is 5.79. The molecule has 2 fully saturated rings. The Morgan fingerprint density at radius 1 is 1.06 bits per heavy atom. The number of benzene rings is 1. The van der Waals surface area contributed by atoms with Crippen molar-refractivity contribution in [3.63, 3.8) is 0 Å². The third-order valence-electron chi connectivity index (χ3n) is 6.57. The highest BCUT2D eigenvalue weighted by Gasteiger charge is 2.38. The van der Waals surface area contributed by atoms with Gasteiger partial charge in [-0.1, -0.05) is 43.5 Å². The lowest BCUT2D eigenvalue weighted by atomic mass is 9.80. The fourth-order valence-corrected chi connectivity index (χ4v) is 4.79. The first-order valence-electron chi connectivity index (χ1n) is 12.3. The van der Waals surface area contributed by atoms with Crippen LogP contribution in [0.4, 0.5) is 0 Å². The van der Waals surface area contributed by atoms with E-state index < -0.39 is 0 Å². The minimum Gasteiger partial charge on any atom is -0.379 e. The van der Waals surface area contributed by atoms with Gasteiger partial charge >= 0.3 is 0 Å². The van der Waals surface area contributed by atoms with E-state index in [9.17, 15) is 0 Å². The van der Waals surface area contributed by atoms with Crippen molar-refractivity contribution in [2.75, 3.05) is 59.7 Å². The lowest BCUT2D eigenvalue weighted by Gasteiger charge is -2.48. The molecule has 1 aliphatic carbocycles. The van der Waals surface area contributed by atoms with Gasteiger partial charge in [-0.15, -0.1) is 0 Å². The fraction of sp³-hybridized carbons (Fsp3) is 0.720. The normalized spacial score (nSPS) is 19.6. The zero-order valence-corrected chi connectivity index (χ0v) is 20.0. The summed E-state index contributed by atoms with van der Waals surface area (Å²) in [7, 11) is 1.85. The number of guanidine groups is 1. The van der Waals surface area contributed by atoms with Crippen LogP contribution in [0.5, 0.6) is 0 Å². The zero-order chi connectivity index (χ0) is 22.5. The number of ether oxygens (including phenoxy) is 3. The highest BCUT2D eigenvalue weighted by Crippen LogP contribution is 2.33. The summed E-state index contributed by atoms with van der Waals surface area (Å²) in [5.74, 6) is 0.863. The van der Waals surface area contributed by atoms with Gasteiger partial charge in [0, 0.05) is 45.4 Å². The van der Waals surface area contributed by atoms with Gasteiger partial charge < -0.3 is 24.8 Å². The van der Waals surface area contributed by atoms with E-state index in [2.05, 4.69) is 44.8 Å². The second-order valence-corrected chi connectivity index (χ2v) is 8.73. The van der Waals surface area contributed by atoms with Crippen LogP contribution in [-0.2, 0) is 27.4 Å². The molecule has 3 rings (SSSR count). The van der Waals surface area contributed by atoms with E-state index in [0.29, 0.717) is 19.8 Å². The summed E-state index contributed by atoms with van der Waals surface area (Å²) in [5, 5.41) is 7.13. The molecule has 7 nitrogen and oxygen atoms in total. The zero-order valence-electron chi connectivity index (χ0n) is 20.0. The quantitative estimate of drug-likeness (QED) is 0.310. The predicted molar refractivity (Wildman–Crippen MR) is 129 cm³/mol. The number of nitrogens with one attached hydrogen (secondary N) is 2. The molecule has 0 aromatic heterocycles. The van der Waals surface area contributed by atoms with Crippen LogP contribution in [0.1, 0.15) is 50.2 Å². The largest absolute Gasteiger partial charge is 0.379 e. The monoisotopic (exact) mass is 446 g/mol. The first kappa shape index (κ1) is 25.0. The van der Waals surface area contributed by atoms with Crippen molar-refractivity contribution in [2.24, 2.45) is 4.99 Å². The van der Waals surface area contributed by atoms with E-state index >= 15 is 0 Å². The van der Waals surface area contributed by atoms with Crippen LogP contribution in [0.2, 0.25) is 0 Å². The Kier molecular flexibility index (Phi) is 10.8. The van der Waals surface area contributed by atoms with Gasteiger partial charge in [-0.25, -0.2) is 0 Å². The molecule has 32 heavy (non-hydrogen) atoms. The first-order chi connectivity index (χ1) is 15.8. The van der Waals surface area contributed by atoms with Crippen molar-refractivity contribution in [1.82, 2.24) is 15.5 Å². The number of hydrogen-bond acceptors (Lipinski definition) is 5. The van der Waals surface area contributed by atoms with Crippen molar-refractivity contribution < 1.29 is 14.2 Å². The molecule has 1 aromatic rings. The van der Waals surface area contributed by atoms with Crippen molar-refractivity contribution in [3.8, 4) is 0 Å². The maximum atomic E-state index is 5.70. The van der Waals surface area contributed by atoms with Gasteiger partial charge in [0.1, 0.15) is 0 Å². The van der Waals surface area contributed by atoms with Crippen molar-refractivity contribution in [2.45, 2.75) is 57.7 Å². The average molecular weight is 447 g/mol. The van der Waals surface area contributed by atoms with Crippen molar-refractivity contribution >= 4 is 5.96 Å². The number of rotatable bonds is 11. The van der Waals surface area contributed by atoms with Gasteiger partial charge in [0.25, 0.3) is 0 Å². The van der Waals surface area contributed by atoms with Crippen LogP contribution in [0, 0.1) is 0 Å². The molecule has 1 saturated carbocycles. The third kappa shape index (κ3) is 7.73. The average Bonchev–Trinajstić information content (AvgIpc) is 2.85. The summed E-state index contributed by atoms with van der Waals surface area (Å²) in [6.07, 6.45) is 6.48. The Morgan fingerprint density at radius 2 is 1.81 bits per heavy atom. The predicted octanol–water partition coefficient (Wildman–Crippen LogP) is 2.94. The second kappa shape index (κ2) is 13.8. The van der Waals surface area contributed by atoms with E-state index in [-0.39, 0.29) is 5.54 Å². The maximum absolute atomic E-state index is 5.70. The van der Waals surface area contributed by atoms with Gasteiger partial charge in [0.05, 0.1) is 33.0 Å². The number of morpholine rings is 1. The molecule has 1 aromatic carbocycles. The Labute approximate surface area is 193 Å². The van der Waals surface area contributed by atoms with E-state index in [0.717, 1.165) is 52.0 Å². The summed E-state index contributed by atoms with van der Waals surface area (Å²) in [6.45, 7) is 10.0. The van der Waals surface area contributed by atoms with Gasteiger partial charge in [0.2, 0.25) is 0 Å². The van der Waals surface area contributed by atoms with Crippen molar-refractivity contribution in [3.05, 3.63) is 35.4 Å². The SMILES string of the molecule is CCOCCOCc1cccc(CNC(=NC)NCC2(N3CCOCC3)CCCCC2)c1. The molecule has 1 aliphatic heterocycles. The minimum atomic E-state index is 0.221. The molecule has 0 bridgehead atoms. The van der Waals surface area contributed by atoms with Crippen LogP contribution < -0.4 is 10.6 Å². The minimum absolute atomic E-state index is 0.221. The summed E-state index contributed by atoms with van der Waals surface area (Å²) in [5.41, 5.74) is 2.62. The second-order valence-electron chi connectivity index (χ2n) is 8.73. The van der Waals surface area contributed by atoms with Crippen LogP contribution in [0.3, 0.4) is 0 Å². The summed E-state index contributed by atoms with van der Waals surface area (Å²) in [6, 6.07) is 8.52. The van der Waals surface area contributed by atoms with E-state index in [1.165, 1.54) is 43.2 Å². The number of hydrogen-bond donors (Lipinski definition) is 2. The summed E-state index contributed by atoms with van der Waals surface area (Å²) in [4.78, 5) is 7.13. The Balaban J connectivity index is 1.48. The van der Waals surface area contributed by atoms with Crippen LogP contribution >= 0.6 is 0 Å². The first-order valence-corrected chi connectivity index (χ1v) is 12.3. The molecule has 1 heterocycles. The van der Waals surface area contributed by atoms with Gasteiger partial charge in [-0.3, -0.25) is 9.89 Å². The lowest BCUT2D eigenvalue weighted by molar-refractivity contribution is -0.0352. The van der Waals surface area contributed by atoms with E-state index in [1.54, 1.807) is 0 Å². The fourth-order valence-electron chi connectivity index (χ4n) is 4.79. The van der Waals surface area contributed by atoms with Gasteiger partial charge in [0.15, 0.2) is 5.96 Å². The summed E-state index contributed by atoms with van der Waals surface area (Å²) >= 11 is 0. The van der Waals surface area contributed by atoms with Gasteiger partial charge in [-0.05, 0) is 30.9 Å². The maximum Gasteiger partial charge on any atom is 0.191 e. The molecule has 0 atom stereocenters. The Morgan fingerprint density at radius 3 is 2.56 bits per heavy atom. The Hall–Kier alpha value is -1.67. The smallest absolute Gasteiger partial charge is 0.191 e. The molecule has 7 heteroatoms. The molecule has 0 radical (unpaired) electrons.